The number of rotatable bonds is 6. The standard InChI is InChI=1S/C17H20BrN5O2/c1-3-4-5-8-22(2)17(24)11-9-14(19)23-15(10-11)20-16(21-23)12-6-7-13(18)25-12/h6-7,9-10H,3-5,8,19H2,1-2H3. The molecule has 0 radical (unpaired) electrons. The van der Waals surface area contributed by atoms with E-state index in [0.29, 0.717) is 33.3 Å². The maximum Gasteiger partial charge on any atom is 0.253 e. The zero-order chi connectivity index (χ0) is 18.0. The third kappa shape index (κ3) is 3.68. The summed E-state index contributed by atoms with van der Waals surface area (Å²) in [6, 6.07) is 6.86. The van der Waals surface area contributed by atoms with E-state index in [4.69, 9.17) is 10.2 Å². The Morgan fingerprint density at radius 3 is 2.84 bits per heavy atom. The van der Waals surface area contributed by atoms with Crippen LogP contribution in [0, 0.1) is 0 Å². The molecule has 132 valence electrons. The second-order valence-electron chi connectivity index (χ2n) is 5.91. The van der Waals surface area contributed by atoms with Crippen molar-refractivity contribution in [1.82, 2.24) is 19.5 Å². The first-order valence-corrected chi connectivity index (χ1v) is 8.96. The molecule has 0 aromatic carbocycles. The molecule has 0 saturated heterocycles. The van der Waals surface area contributed by atoms with E-state index < -0.39 is 0 Å². The van der Waals surface area contributed by atoms with Gasteiger partial charge in [0.25, 0.3) is 5.91 Å². The van der Waals surface area contributed by atoms with Crippen molar-refractivity contribution in [3.8, 4) is 11.6 Å². The lowest BCUT2D eigenvalue weighted by atomic mass is 10.2. The highest BCUT2D eigenvalue weighted by Crippen LogP contribution is 2.24. The largest absolute Gasteiger partial charge is 0.446 e. The van der Waals surface area contributed by atoms with Crippen LogP contribution in [0.25, 0.3) is 17.2 Å². The van der Waals surface area contributed by atoms with Gasteiger partial charge in [0.15, 0.2) is 16.1 Å². The molecule has 0 unspecified atom stereocenters. The van der Waals surface area contributed by atoms with Crippen LogP contribution in [0.1, 0.15) is 36.5 Å². The van der Waals surface area contributed by atoms with E-state index >= 15 is 0 Å². The number of fused-ring (bicyclic) bond motifs is 1. The highest BCUT2D eigenvalue weighted by atomic mass is 79.9. The van der Waals surface area contributed by atoms with Gasteiger partial charge in [-0.3, -0.25) is 4.79 Å². The second-order valence-corrected chi connectivity index (χ2v) is 6.69. The van der Waals surface area contributed by atoms with Crippen molar-refractivity contribution in [2.45, 2.75) is 26.2 Å². The lowest BCUT2D eigenvalue weighted by Gasteiger charge is -2.17. The first kappa shape index (κ1) is 17.5. The molecule has 3 rings (SSSR count). The monoisotopic (exact) mass is 405 g/mol. The molecule has 25 heavy (non-hydrogen) atoms. The smallest absolute Gasteiger partial charge is 0.253 e. The van der Waals surface area contributed by atoms with Crippen LogP contribution in [0.4, 0.5) is 5.82 Å². The molecule has 0 bridgehead atoms. The number of furan rings is 1. The molecule has 0 spiro atoms. The van der Waals surface area contributed by atoms with Crippen LogP contribution in [0.5, 0.6) is 0 Å². The number of pyridine rings is 1. The number of unbranched alkanes of at least 4 members (excludes halogenated alkanes) is 2. The number of nitrogens with zero attached hydrogens (tertiary/aromatic N) is 4. The quantitative estimate of drug-likeness (QED) is 0.632. The zero-order valence-corrected chi connectivity index (χ0v) is 15.8. The van der Waals surface area contributed by atoms with E-state index in [1.165, 1.54) is 4.52 Å². The molecule has 1 amide bonds. The molecule has 3 heterocycles. The highest BCUT2D eigenvalue weighted by Gasteiger charge is 2.17. The van der Waals surface area contributed by atoms with Crippen molar-refractivity contribution in [1.29, 1.82) is 0 Å². The molecule has 8 heteroatoms. The van der Waals surface area contributed by atoms with Crippen LogP contribution in [0.2, 0.25) is 0 Å². The second kappa shape index (κ2) is 7.26. The van der Waals surface area contributed by atoms with Gasteiger partial charge in [-0.15, -0.1) is 5.10 Å². The summed E-state index contributed by atoms with van der Waals surface area (Å²) in [6.07, 6.45) is 3.20. The Balaban J connectivity index is 1.89. The molecule has 0 aliphatic rings. The van der Waals surface area contributed by atoms with Gasteiger partial charge in [-0.2, -0.15) is 4.52 Å². The normalized spacial score (nSPS) is 11.2. The van der Waals surface area contributed by atoms with Crippen LogP contribution in [-0.4, -0.2) is 39.0 Å². The van der Waals surface area contributed by atoms with Crippen molar-refractivity contribution in [2.75, 3.05) is 19.3 Å². The first-order chi connectivity index (χ1) is 12.0. The Morgan fingerprint density at radius 2 is 2.16 bits per heavy atom. The van der Waals surface area contributed by atoms with Gasteiger partial charge >= 0.3 is 0 Å². The first-order valence-electron chi connectivity index (χ1n) is 8.17. The molecule has 0 fully saturated rings. The summed E-state index contributed by atoms with van der Waals surface area (Å²) < 4.78 is 7.57. The van der Waals surface area contributed by atoms with Gasteiger partial charge < -0.3 is 15.1 Å². The Kier molecular flexibility index (Phi) is 5.08. The molecule has 0 aliphatic carbocycles. The number of amides is 1. The fraction of sp³-hybridized carbons (Fsp3) is 0.353. The van der Waals surface area contributed by atoms with Crippen molar-refractivity contribution in [2.24, 2.45) is 0 Å². The summed E-state index contributed by atoms with van der Waals surface area (Å²) in [6.45, 7) is 2.85. The Morgan fingerprint density at radius 1 is 1.36 bits per heavy atom. The average molecular weight is 406 g/mol. The van der Waals surface area contributed by atoms with Crippen LogP contribution in [-0.2, 0) is 0 Å². The number of halogens is 1. The lowest BCUT2D eigenvalue weighted by molar-refractivity contribution is 0.0792. The number of nitrogen functional groups attached to an aromatic ring is 1. The number of hydrogen-bond donors (Lipinski definition) is 1. The predicted octanol–water partition coefficient (Wildman–Crippen LogP) is 3.60. The Hall–Kier alpha value is -2.35. The van der Waals surface area contributed by atoms with Crippen LogP contribution in [0.15, 0.2) is 33.4 Å². The Labute approximate surface area is 153 Å². The minimum atomic E-state index is -0.0735. The van der Waals surface area contributed by atoms with E-state index in [1.807, 2.05) is 0 Å². The van der Waals surface area contributed by atoms with E-state index in [2.05, 4.69) is 32.9 Å². The maximum atomic E-state index is 12.6. The number of hydrogen-bond acceptors (Lipinski definition) is 5. The molecule has 0 atom stereocenters. The van der Waals surface area contributed by atoms with Gasteiger partial charge in [0.05, 0.1) is 0 Å². The maximum absolute atomic E-state index is 12.6. The summed E-state index contributed by atoms with van der Waals surface area (Å²) in [4.78, 5) is 18.7. The third-order valence-corrected chi connectivity index (χ3v) is 4.38. The van der Waals surface area contributed by atoms with E-state index in [9.17, 15) is 4.79 Å². The van der Waals surface area contributed by atoms with E-state index in [1.54, 1.807) is 36.2 Å². The number of nitrogens with two attached hydrogens (primary N) is 1. The molecule has 3 aromatic rings. The van der Waals surface area contributed by atoms with Gasteiger partial charge in [0, 0.05) is 19.2 Å². The van der Waals surface area contributed by atoms with Crippen LogP contribution in [0.3, 0.4) is 0 Å². The summed E-state index contributed by atoms with van der Waals surface area (Å²) >= 11 is 3.26. The van der Waals surface area contributed by atoms with Crippen molar-refractivity contribution >= 4 is 33.3 Å². The summed E-state index contributed by atoms with van der Waals surface area (Å²) in [7, 11) is 1.80. The zero-order valence-electron chi connectivity index (χ0n) is 14.2. The molecular weight excluding hydrogens is 386 g/mol. The van der Waals surface area contributed by atoms with Crippen molar-refractivity contribution in [3.05, 3.63) is 34.5 Å². The molecule has 2 N–H and O–H groups in total. The van der Waals surface area contributed by atoms with Gasteiger partial charge in [0.2, 0.25) is 5.82 Å². The minimum absolute atomic E-state index is 0.0735. The average Bonchev–Trinajstić information content (AvgIpc) is 3.20. The number of carbonyl (C=O) groups is 1. The molecule has 3 aromatic heterocycles. The summed E-state index contributed by atoms with van der Waals surface area (Å²) in [5, 5.41) is 4.34. The van der Waals surface area contributed by atoms with Gasteiger partial charge in [0.1, 0.15) is 5.82 Å². The molecule has 0 saturated carbocycles. The molecule has 0 aliphatic heterocycles. The lowest BCUT2D eigenvalue weighted by Crippen LogP contribution is -2.28. The topological polar surface area (TPSA) is 89.7 Å². The number of carbonyl (C=O) groups excluding carboxylic acids is 1. The number of aromatic nitrogens is 3. The van der Waals surface area contributed by atoms with Crippen LogP contribution < -0.4 is 5.73 Å². The molecular formula is C17H20BrN5O2. The fourth-order valence-electron chi connectivity index (χ4n) is 2.59. The summed E-state index contributed by atoms with van der Waals surface area (Å²) in [5.41, 5.74) is 7.07. The summed E-state index contributed by atoms with van der Waals surface area (Å²) in [5.74, 6) is 1.22. The van der Waals surface area contributed by atoms with E-state index in [-0.39, 0.29) is 5.91 Å². The highest BCUT2D eigenvalue weighted by molar-refractivity contribution is 9.10. The fourth-order valence-corrected chi connectivity index (χ4v) is 2.90. The van der Waals surface area contributed by atoms with Crippen molar-refractivity contribution in [3.63, 3.8) is 0 Å². The van der Waals surface area contributed by atoms with Gasteiger partial charge in [-0.05, 0) is 46.6 Å². The predicted molar refractivity (Wildman–Crippen MR) is 99.3 cm³/mol. The van der Waals surface area contributed by atoms with Crippen molar-refractivity contribution < 1.29 is 9.21 Å². The Bertz CT molecular complexity index is 902. The SMILES string of the molecule is CCCCCN(C)C(=O)c1cc(N)n2nc(-c3ccc(Br)o3)nc2c1. The van der Waals surface area contributed by atoms with Gasteiger partial charge in [-0.25, -0.2) is 4.98 Å². The third-order valence-electron chi connectivity index (χ3n) is 3.95. The van der Waals surface area contributed by atoms with Crippen LogP contribution >= 0.6 is 15.9 Å². The van der Waals surface area contributed by atoms with E-state index in [0.717, 1.165) is 25.8 Å². The number of anilines is 1. The van der Waals surface area contributed by atoms with Gasteiger partial charge in [-0.1, -0.05) is 19.8 Å². The molecule has 7 nitrogen and oxygen atoms in total. The minimum Gasteiger partial charge on any atom is -0.446 e.